The van der Waals surface area contributed by atoms with E-state index in [2.05, 4.69) is 18.7 Å². The van der Waals surface area contributed by atoms with Gasteiger partial charge in [-0.15, -0.1) is 0 Å². The van der Waals surface area contributed by atoms with Crippen LogP contribution < -0.4 is 4.74 Å². The van der Waals surface area contributed by atoms with E-state index in [0.29, 0.717) is 31.5 Å². The lowest BCUT2D eigenvalue weighted by molar-refractivity contribution is 0.0174. The van der Waals surface area contributed by atoms with E-state index in [9.17, 15) is 9.50 Å². The Balaban J connectivity index is 1.99. The van der Waals surface area contributed by atoms with Crippen LogP contribution in [0.2, 0.25) is 0 Å². The lowest BCUT2D eigenvalue weighted by atomic mass is 10.1. The summed E-state index contributed by atoms with van der Waals surface area (Å²) in [5.41, 5.74) is 2.57. The first kappa shape index (κ1) is 24.9. The molecule has 1 N–H and O–H groups in total. The number of aliphatic hydroxyl groups is 1. The third-order valence-corrected chi connectivity index (χ3v) is 5.17. The molecule has 1 atom stereocenters. The van der Waals surface area contributed by atoms with Crippen molar-refractivity contribution in [1.82, 2.24) is 14.7 Å². The first-order valence-corrected chi connectivity index (χ1v) is 11.4. The Morgan fingerprint density at radius 1 is 1.06 bits per heavy atom. The van der Waals surface area contributed by atoms with Crippen LogP contribution in [0, 0.1) is 11.7 Å². The Hall–Kier alpha value is -2.74. The lowest BCUT2D eigenvalue weighted by Crippen LogP contribution is -2.37. The van der Waals surface area contributed by atoms with Gasteiger partial charge in [0.25, 0.3) is 0 Å². The molecule has 3 aromatic rings. The molecule has 3 rings (SSSR count). The zero-order valence-corrected chi connectivity index (χ0v) is 19.9. The quantitative estimate of drug-likeness (QED) is 0.422. The van der Waals surface area contributed by atoms with Crippen molar-refractivity contribution in [2.24, 2.45) is 13.0 Å². The fourth-order valence-corrected chi connectivity index (χ4v) is 3.83. The van der Waals surface area contributed by atoms with Gasteiger partial charge in [-0.25, -0.2) is 9.07 Å². The van der Waals surface area contributed by atoms with Crippen molar-refractivity contribution in [3.63, 3.8) is 0 Å². The normalized spacial score (nSPS) is 12.5. The smallest absolute Gasteiger partial charge is 0.222 e. The first-order valence-electron chi connectivity index (χ1n) is 11.4. The fraction of sp³-hybridized carbons (Fsp3) is 0.423. The highest BCUT2D eigenvalue weighted by molar-refractivity contribution is 5.65. The summed E-state index contributed by atoms with van der Waals surface area (Å²) in [6.07, 6.45) is -0.614. The van der Waals surface area contributed by atoms with Crippen LogP contribution in [0.25, 0.3) is 11.3 Å². The monoisotopic (exact) mass is 455 g/mol. The highest BCUT2D eigenvalue weighted by atomic mass is 19.1. The van der Waals surface area contributed by atoms with Gasteiger partial charge >= 0.3 is 0 Å². The number of halogens is 1. The van der Waals surface area contributed by atoms with Crippen LogP contribution in [0.4, 0.5) is 4.39 Å². The fourth-order valence-electron chi connectivity index (χ4n) is 3.83. The van der Waals surface area contributed by atoms with Gasteiger partial charge in [0.1, 0.15) is 5.69 Å². The second kappa shape index (κ2) is 11.9. The van der Waals surface area contributed by atoms with Crippen LogP contribution >= 0.6 is 0 Å². The number of rotatable bonds is 12. The molecule has 6 nitrogen and oxygen atoms in total. The average Bonchev–Trinajstić information content (AvgIpc) is 3.09. The van der Waals surface area contributed by atoms with Crippen molar-refractivity contribution in [2.75, 3.05) is 26.3 Å². The van der Waals surface area contributed by atoms with Crippen molar-refractivity contribution >= 4 is 0 Å². The van der Waals surface area contributed by atoms with Crippen LogP contribution in [0.5, 0.6) is 11.6 Å². The predicted octanol–water partition coefficient (Wildman–Crippen LogP) is 4.87. The SMILES string of the molecule is CCOC[C@@H](O)CN(Cc1c(-c2ccccc2)nn(C)c1Oc1ccccc1F)CC(C)C. The van der Waals surface area contributed by atoms with Gasteiger partial charge in [-0.3, -0.25) is 4.90 Å². The molecule has 2 aromatic carbocycles. The number of aryl methyl sites for hydroxylation is 1. The van der Waals surface area contributed by atoms with Crippen molar-refractivity contribution in [1.29, 1.82) is 0 Å². The third-order valence-electron chi connectivity index (χ3n) is 5.17. The van der Waals surface area contributed by atoms with E-state index in [0.717, 1.165) is 23.4 Å². The number of hydrogen-bond donors (Lipinski definition) is 1. The third kappa shape index (κ3) is 6.87. The van der Waals surface area contributed by atoms with Gasteiger partial charge in [-0.2, -0.15) is 5.10 Å². The molecule has 0 amide bonds. The molecule has 0 saturated carbocycles. The minimum Gasteiger partial charge on any atom is -0.436 e. The molecule has 7 heteroatoms. The van der Waals surface area contributed by atoms with Gasteiger partial charge < -0.3 is 14.6 Å². The molecular formula is C26H34FN3O3. The van der Waals surface area contributed by atoms with Crippen molar-refractivity contribution in [2.45, 2.75) is 33.4 Å². The molecule has 0 aliphatic rings. The topological polar surface area (TPSA) is 59.8 Å². The lowest BCUT2D eigenvalue weighted by Gasteiger charge is -2.27. The molecular weight excluding hydrogens is 421 g/mol. The van der Waals surface area contributed by atoms with Gasteiger partial charge in [-0.1, -0.05) is 56.3 Å². The zero-order chi connectivity index (χ0) is 23.8. The maximum Gasteiger partial charge on any atom is 0.222 e. The zero-order valence-electron chi connectivity index (χ0n) is 19.9. The number of benzene rings is 2. The van der Waals surface area contributed by atoms with Crippen molar-refractivity contribution in [3.8, 4) is 22.9 Å². The van der Waals surface area contributed by atoms with E-state index < -0.39 is 11.9 Å². The van der Waals surface area contributed by atoms with Crippen molar-refractivity contribution < 1.29 is 19.0 Å². The van der Waals surface area contributed by atoms with Crippen LogP contribution in [-0.4, -0.2) is 52.2 Å². The summed E-state index contributed by atoms with van der Waals surface area (Å²) in [7, 11) is 1.79. The molecule has 0 unspecified atom stereocenters. The standard InChI is InChI=1S/C26H34FN3O3/c1-5-32-18-21(31)16-30(15-19(2)3)17-22-25(20-11-7-6-8-12-20)28-29(4)26(22)33-24-14-10-9-13-23(24)27/h6-14,19,21,31H,5,15-18H2,1-4H3/t21-/m0/s1. The maximum atomic E-state index is 14.4. The van der Waals surface area contributed by atoms with Crippen LogP contribution in [0.3, 0.4) is 0 Å². The van der Waals surface area contributed by atoms with E-state index in [1.165, 1.54) is 6.07 Å². The van der Waals surface area contributed by atoms with Crippen molar-refractivity contribution in [3.05, 3.63) is 66.0 Å². The van der Waals surface area contributed by atoms with Crippen LogP contribution in [0.15, 0.2) is 54.6 Å². The van der Waals surface area contributed by atoms with Gasteiger partial charge in [0.15, 0.2) is 11.6 Å². The molecule has 0 spiro atoms. The number of para-hydroxylation sites is 1. The van der Waals surface area contributed by atoms with Gasteiger partial charge in [0.2, 0.25) is 5.88 Å². The van der Waals surface area contributed by atoms with Gasteiger partial charge in [0.05, 0.1) is 18.3 Å². The summed E-state index contributed by atoms with van der Waals surface area (Å²) in [5.74, 6) is 0.578. The Labute approximate surface area is 195 Å². The highest BCUT2D eigenvalue weighted by Crippen LogP contribution is 2.35. The van der Waals surface area contributed by atoms with Crippen LogP contribution in [-0.2, 0) is 18.3 Å². The van der Waals surface area contributed by atoms with E-state index in [4.69, 9.17) is 14.6 Å². The molecule has 1 heterocycles. The van der Waals surface area contributed by atoms with Crippen LogP contribution in [0.1, 0.15) is 26.3 Å². The Morgan fingerprint density at radius 3 is 2.42 bits per heavy atom. The van der Waals surface area contributed by atoms with E-state index in [-0.39, 0.29) is 12.4 Å². The minimum absolute atomic E-state index is 0.146. The predicted molar refractivity (Wildman–Crippen MR) is 128 cm³/mol. The van der Waals surface area contributed by atoms with Gasteiger partial charge in [-0.05, 0) is 25.0 Å². The molecule has 33 heavy (non-hydrogen) atoms. The summed E-state index contributed by atoms with van der Waals surface area (Å²) < 4.78 is 27.5. The second-order valence-electron chi connectivity index (χ2n) is 8.56. The summed E-state index contributed by atoms with van der Waals surface area (Å²) >= 11 is 0. The summed E-state index contributed by atoms with van der Waals surface area (Å²) in [6, 6.07) is 16.2. The average molecular weight is 456 g/mol. The van der Waals surface area contributed by atoms with E-state index >= 15 is 0 Å². The Bertz CT molecular complexity index is 1010. The highest BCUT2D eigenvalue weighted by Gasteiger charge is 2.24. The van der Waals surface area contributed by atoms with Gasteiger partial charge in [0, 0.05) is 38.9 Å². The number of aromatic nitrogens is 2. The van der Waals surface area contributed by atoms with E-state index in [1.807, 2.05) is 37.3 Å². The molecule has 0 fully saturated rings. The summed E-state index contributed by atoms with van der Waals surface area (Å²) in [6.45, 7) is 8.73. The minimum atomic E-state index is -0.614. The summed E-state index contributed by atoms with van der Waals surface area (Å²) in [5, 5.41) is 15.2. The number of nitrogens with zero attached hydrogens (tertiary/aromatic N) is 3. The molecule has 1 aromatic heterocycles. The largest absolute Gasteiger partial charge is 0.436 e. The Kier molecular flexibility index (Phi) is 9.00. The number of hydrogen-bond acceptors (Lipinski definition) is 5. The molecule has 0 radical (unpaired) electrons. The molecule has 178 valence electrons. The summed E-state index contributed by atoms with van der Waals surface area (Å²) in [4.78, 5) is 2.17. The first-order chi connectivity index (χ1) is 15.9. The number of aliphatic hydroxyl groups excluding tert-OH is 1. The Morgan fingerprint density at radius 2 is 1.76 bits per heavy atom. The molecule has 0 bridgehead atoms. The molecule has 0 saturated heterocycles. The maximum absolute atomic E-state index is 14.4. The second-order valence-corrected chi connectivity index (χ2v) is 8.56. The van der Waals surface area contributed by atoms with E-state index in [1.54, 1.807) is 29.9 Å². The molecule has 0 aliphatic heterocycles. The number of ether oxygens (including phenoxy) is 2. The molecule has 0 aliphatic carbocycles.